The lowest BCUT2D eigenvalue weighted by molar-refractivity contribution is 0.872. The molecule has 10 heavy (non-hydrogen) atoms. The average Bonchev–Trinajstić information content (AvgIpc) is 2.36. The Kier molecular flexibility index (Phi) is 2.67. The molecule has 0 N–H and O–H groups in total. The number of hydrogen-bond acceptors (Lipinski definition) is 1. The monoisotopic (exact) mass is 137 g/mol. The van der Waals surface area contributed by atoms with Crippen LogP contribution in [0.2, 0.25) is 0 Å². The Labute approximate surface area is 62.9 Å². The van der Waals surface area contributed by atoms with E-state index < -0.39 is 0 Å². The summed E-state index contributed by atoms with van der Waals surface area (Å²) in [5.41, 5.74) is 2.92. The fourth-order valence-electron chi connectivity index (χ4n) is 1.48. The number of hydrogen-bond donors (Lipinski definition) is 0. The molecule has 0 aromatic carbocycles. The molecule has 0 spiro atoms. The van der Waals surface area contributed by atoms with E-state index in [9.17, 15) is 0 Å². The minimum absolute atomic E-state index is 1.19. The summed E-state index contributed by atoms with van der Waals surface area (Å²) < 4.78 is 0. The van der Waals surface area contributed by atoms with Crippen LogP contribution in [0.1, 0.15) is 39.5 Å². The first-order chi connectivity index (χ1) is 4.88. The molecule has 0 atom stereocenters. The van der Waals surface area contributed by atoms with Crippen LogP contribution in [0.5, 0.6) is 0 Å². The summed E-state index contributed by atoms with van der Waals surface area (Å²) in [7, 11) is 0. The van der Waals surface area contributed by atoms with Crippen molar-refractivity contribution in [3.63, 3.8) is 0 Å². The van der Waals surface area contributed by atoms with Crippen molar-refractivity contribution >= 4 is 6.21 Å². The Bertz CT molecular complexity index is 166. The van der Waals surface area contributed by atoms with Gasteiger partial charge in [0.05, 0.1) is 0 Å². The van der Waals surface area contributed by atoms with Gasteiger partial charge in [0, 0.05) is 11.9 Å². The molecule has 1 rings (SSSR count). The third-order valence-electron chi connectivity index (χ3n) is 2.01. The molecule has 1 nitrogen and oxygen atoms in total. The Morgan fingerprint density at radius 3 is 2.90 bits per heavy atom. The van der Waals surface area contributed by atoms with Crippen LogP contribution >= 0.6 is 0 Å². The zero-order valence-corrected chi connectivity index (χ0v) is 6.85. The van der Waals surface area contributed by atoms with Gasteiger partial charge in [-0.05, 0) is 38.2 Å². The fraction of sp³-hybridized carbons (Fsp3) is 0.667. The first-order valence-electron chi connectivity index (χ1n) is 4.08. The third-order valence-corrected chi connectivity index (χ3v) is 2.01. The first kappa shape index (κ1) is 7.52. The van der Waals surface area contributed by atoms with Crippen molar-refractivity contribution in [3.8, 4) is 0 Å². The van der Waals surface area contributed by atoms with Crippen LogP contribution in [-0.4, -0.2) is 6.21 Å². The normalized spacial score (nSPS) is 19.4. The molecule has 0 fully saturated rings. The maximum Gasteiger partial charge on any atom is 0.0391 e. The van der Waals surface area contributed by atoms with Crippen molar-refractivity contribution in [2.75, 3.05) is 0 Å². The summed E-state index contributed by atoms with van der Waals surface area (Å²) in [6.07, 6.45) is 6.88. The van der Waals surface area contributed by atoms with Gasteiger partial charge in [-0.3, -0.25) is 4.99 Å². The molecule has 0 saturated carbocycles. The van der Waals surface area contributed by atoms with Gasteiger partial charge in [-0.25, -0.2) is 0 Å². The highest BCUT2D eigenvalue weighted by Crippen LogP contribution is 2.28. The van der Waals surface area contributed by atoms with Crippen LogP contribution in [-0.2, 0) is 0 Å². The van der Waals surface area contributed by atoms with Gasteiger partial charge in [0.25, 0.3) is 0 Å². The second-order valence-electron chi connectivity index (χ2n) is 2.64. The van der Waals surface area contributed by atoms with E-state index in [0.717, 1.165) is 0 Å². The second kappa shape index (κ2) is 3.55. The highest BCUT2D eigenvalue weighted by atomic mass is 14.7. The highest BCUT2D eigenvalue weighted by molar-refractivity contribution is 5.55. The van der Waals surface area contributed by atoms with Gasteiger partial charge in [0.15, 0.2) is 0 Å². The second-order valence-corrected chi connectivity index (χ2v) is 2.64. The van der Waals surface area contributed by atoms with E-state index in [1.54, 1.807) is 5.57 Å². The zero-order chi connectivity index (χ0) is 7.40. The Balaban J connectivity index is 2.68. The van der Waals surface area contributed by atoms with Crippen molar-refractivity contribution in [1.82, 2.24) is 0 Å². The molecule has 0 heterocycles. The molecule has 1 heteroatoms. The summed E-state index contributed by atoms with van der Waals surface area (Å²) in [5, 5.41) is 0. The Morgan fingerprint density at radius 1 is 1.50 bits per heavy atom. The molecule has 0 radical (unpaired) electrons. The predicted octanol–water partition coefficient (Wildman–Crippen LogP) is 2.93. The van der Waals surface area contributed by atoms with Gasteiger partial charge in [-0.1, -0.05) is 6.92 Å². The predicted molar refractivity (Wildman–Crippen MR) is 45.3 cm³/mol. The molecule has 0 aromatic heterocycles. The highest BCUT2D eigenvalue weighted by Gasteiger charge is 2.10. The molecule has 0 aromatic rings. The standard InChI is InChI=1S/C9H15N/c1-3-8-6-5-7-9(8)10-4-2/h4H,3,5-7H2,1-2H3. The smallest absolute Gasteiger partial charge is 0.0391 e. The van der Waals surface area contributed by atoms with E-state index in [2.05, 4.69) is 11.9 Å². The molecule has 0 bridgehead atoms. The molecular weight excluding hydrogens is 122 g/mol. The summed E-state index contributed by atoms with van der Waals surface area (Å²) in [6, 6.07) is 0. The van der Waals surface area contributed by atoms with Crippen LogP contribution in [0.4, 0.5) is 0 Å². The maximum absolute atomic E-state index is 4.33. The van der Waals surface area contributed by atoms with Crippen LogP contribution in [0.15, 0.2) is 16.3 Å². The summed E-state index contributed by atoms with van der Waals surface area (Å²) >= 11 is 0. The van der Waals surface area contributed by atoms with Crippen molar-refractivity contribution in [1.29, 1.82) is 0 Å². The summed E-state index contributed by atoms with van der Waals surface area (Å²) in [6.45, 7) is 4.20. The largest absolute Gasteiger partial charge is 0.266 e. The molecule has 0 unspecified atom stereocenters. The molecule has 1 aliphatic carbocycles. The van der Waals surface area contributed by atoms with E-state index >= 15 is 0 Å². The lowest BCUT2D eigenvalue weighted by Gasteiger charge is -1.96. The van der Waals surface area contributed by atoms with Crippen LogP contribution in [0.25, 0.3) is 0 Å². The van der Waals surface area contributed by atoms with E-state index in [0.29, 0.717) is 0 Å². The maximum atomic E-state index is 4.33. The van der Waals surface area contributed by atoms with Gasteiger partial charge in [-0.2, -0.15) is 0 Å². The third kappa shape index (κ3) is 1.47. The van der Waals surface area contributed by atoms with Gasteiger partial charge < -0.3 is 0 Å². The zero-order valence-electron chi connectivity index (χ0n) is 6.85. The van der Waals surface area contributed by atoms with Crippen LogP contribution in [0, 0.1) is 0 Å². The average molecular weight is 137 g/mol. The Hall–Kier alpha value is -0.590. The summed E-state index contributed by atoms with van der Waals surface area (Å²) in [4.78, 5) is 4.33. The number of nitrogens with zero attached hydrogens (tertiary/aromatic N) is 1. The lowest BCUT2D eigenvalue weighted by atomic mass is 10.2. The van der Waals surface area contributed by atoms with E-state index in [-0.39, 0.29) is 0 Å². The van der Waals surface area contributed by atoms with Crippen LogP contribution in [0.3, 0.4) is 0 Å². The Morgan fingerprint density at radius 2 is 2.30 bits per heavy atom. The quantitative estimate of drug-likeness (QED) is 0.519. The van der Waals surface area contributed by atoms with Gasteiger partial charge in [0.2, 0.25) is 0 Å². The van der Waals surface area contributed by atoms with E-state index in [4.69, 9.17) is 0 Å². The van der Waals surface area contributed by atoms with Gasteiger partial charge in [0.1, 0.15) is 0 Å². The molecule has 56 valence electrons. The van der Waals surface area contributed by atoms with Crippen LogP contribution < -0.4 is 0 Å². The SMILES string of the molecule is CC=NC1=C(CC)CCC1. The minimum Gasteiger partial charge on any atom is -0.266 e. The summed E-state index contributed by atoms with van der Waals surface area (Å²) in [5.74, 6) is 0. The van der Waals surface area contributed by atoms with Crippen molar-refractivity contribution in [3.05, 3.63) is 11.3 Å². The lowest BCUT2D eigenvalue weighted by Crippen LogP contribution is -1.77. The van der Waals surface area contributed by atoms with Gasteiger partial charge >= 0.3 is 0 Å². The van der Waals surface area contributed by atoms with E-state index in [1.165, 1.54) is 31.4 Å². The number of rotatable bonds is 2. The molecule has 0 saturated heterocycles. The number of aliphatic imine (C=N–C) groups is 1. The first-order valence-corrected chi connectivity index (χ1v) is 4.08. The molecule has 0 aliphatic heterocycles. The number of allylic oxidation sites excluding steroid dienone is 2. The molecular formula is C9H15N. The minimum atomic E-state index is 1.19. The van der Waals surface area contributed by atoms with Crippen molar-refractivity contribution in [2.24, 2.45) is 4.99 Å². The van der Waals surface area contributed by atoms with E-state index in [1.807, 2.05) is 13.1 Å². The van der Waals surface area contributed by atoms with Gasteiger partial charge in [-0.15, -0.1) is 0 Å². The molecule has 1 aliphatic rings. The molecule has 0 amide bonds. The topological polar surface area (TPSA) is 12.4 Å². The fourth-order valence-corrected chi connectivity index (χ4v) is 1.48. The van der Waals surface area contributed by atoms with Crippen molar-refractivity contribution in [2.45, 2.75) is 39.5 Å². The van der Waals surface area contributed by atoms with Crippen molar-refractivity contribution < 1.29 is 0 Å².